The number of aliphatic carboxylic acids is 1. The molecule has 2 saturated carbocycles. The molecule has 2 aliphatic carbocycles. The van der Waals surface area contributed by atoms with E-state index in [0.717, 1.165) is 38.5 Å². The van der Waals surface area contributed by atoms with Crippen molar-refractivity contribution in [1.82, 2.24) is 15.2 Å². The molecule has 242 valence electrons. The summed E-state index contributed by atoms with van der Waals surface area (Å²) in [5.41, 5.74) is 2.06. The summed E-state index contributed by atoms with van der Waals surface area (Å²) in [7, 11) is 1.82. The summed E-state index contributed by atoms with van der Waals surface area (Å²) in [5.74, 6) is -1.57. The lowest BCUT2D eigenvalue weighted by Crippen LogP contribution is -2.50. The first-order chi connectivity index (χ1) is 22.1. The molecule has 2 aromatic carbocycles. The Bertz CT molecular complexity index is 1570. The van der Waals surface area contributed by atoms with E-state index in [0.29, 0.717) is 29.0 Å². The quantitative estimate of drug-likeness (QED) is 0.210. The third-order valence-electron chi connectivity index (χ3n) is 8.58. The number of carboxylic acids is 1. The predicted molar refractivity (Wildman–Crippen MR) is 178 cm³/mol. The van der Waals surface area contributed by atoms with E-state index < -0.39 is 23.9 Å². The van der Waals surface area contributed by atoms with Gasteiger partial charge in [0.25, 0.3) is 11.8 Å². The lowest BCUT2D eigenvalue weighted by molar-refractivity contribution is -0.139. The number of amides is 4. The Balaban J connectivity index is 1.29. The van der Waals surface area contributed by atoms with Crippen molar-refractivity contribution in [2.45, 2.75) is 63.5 Å². The Morgan fingerprint density at radius 1 is 0.935 bits per heavy atom. The van der Waals surface area contributed by atoms with Gasteiger partial charge in [-0.25, -0.2) is 9.59 Å². The average molecular weight is 667 g/mol. The van der Waals surface area contributed by atoms with Crippen molar-refractivity contribution >= 4 is 58.4 Å². The molecule has 0 aliphatic heterocycles. The first kappa shape index (κ1) is 33.2. The number of carbonyl (C=O) groups excluding carboxylic acids is 3. The van der Waals surface area contributed by atoms with Crippen molar-refractivity contribution in [3.8, 4) is 0 Å². The number of carboxylic acid groups (broad SMARTS) is 1. The smallest absolute Gasteiger partial charge is 0.326 e. The number of para-hydroxylation sites is 1. The SMILES string of the molecule is CN(C(=O)c1ccccc1N(CC1CC1)C(=O)N[C@@H](Cc1ccc(NC(=O)c2c(Cl)cncc2Cl)cc1)C(=O)O)C1CCCCC1. The number of carbonyl (C=O) groups is 4. The molecule has 1 atom stereocenters. The topological polar surface area (TPSA) is 132 Å². The van der Waals surface area contributed by atoms with Crippen LogP contribution >= 0.6 is 23.2 Å². The van der Waals surface area contributed by atoms with Gasteiger partial charge in [-0.2, -0.15) is 0 Å². The largest absolute Gasteiger partial charge is 0.480 e. The number of nitrogens with one attached hydrogen (secondary N) is 2. The fourth-order valence-corrected chi connectivity index (χ4v) is 6.31. The van der Waals surface area contributed by atoms with Crippen LogP contribution < -0.4 is 15.5 Å². The molecule has 3 aromatic rings. The number of halogens is 2. The van der Waals surface area contributed by atoms with Crippen LogP contribution in [0.25, 0.3) is 0 Å². The molecular weight excluding hydrogens is 629 g/mol. The number of hydrogen-bond donors (Lipinski definition) is 3. The molecule has 12 heteroatoms. The fraction of sp³-hybridized carbons (Fsp3) is 0.382. The van der Waals surface area contributed by atoms with Crippen molar-refractivity contribution in [3.05, 3.63) is 87.7 Å². The van der Waals surface area contributed by atoms with E-state index >= 15 is 0 Å². The van der Waals surface area contributed by atoms with Crippen LogP contribution in [-0.4, -0.2) is 64.5 Å². The van der Waals surface area contributed by atoms with Gasteiger partial charge in [-0.15, -0.1) is 0 Å². The lowest BCUT2D eigenvalue weighted by atomic mass is 9.94. The second kappa shape index (κ2) is 15.0. The molecule has 0 spiro atoms. The molecule has 0 radical (unpaired) electrons. The third-order valence-corrected chi connectivity index (χ3v) is 9.15. The number of benzene rings is 2. The Labute approximate surface area is 278 Å². The molecule has 3 N–H and O–H groups in total. The number of nitrogens with zero attached hydrogens (tertiary/aromatic N) is 3. The van der Waals surface area contributed by atoms with Crippen LogP contribution in [0, 0.1) is 5.92 Å². The molecular formula is C34H37Cl2N5O5. The van der Waals surface area contributed by atoms with Gasteiger partial charge in [0.05, 0.1) is 26.9 Å². The molecule has 46 heavy (non-hydrogen) atoms. The summed E-state index contributed by atoms with van der Waals surface area (Å²) in [6.07, 6.45) is 9.84. The van der Waals surface area contributed by atoms with Gasteiger partial charge in [-0.1, -0.05) is 66.7 Å². The van der Waals surface area contributed by atoms with E-state index in [1.807, 2.05) is 7.05 Å². The zero-order valence-corrected chi connectivity index (χ0v) is 27.1. The monoisotopic (exact) mass is 665 g/mol. The summed E-state index contributed by atoms with van der Waals surface area (Å²) in [4.78, 5) is 59.7. The summed E-state index contributed by atoms with van der Waals surface area (Å²) in [5, 5.41) is 15.7. The molecule has 10 nitrogen and oxygen atoms in total. The first-order valence-electron chi connectivity index (χ1n) is 15.5. The summed E-state index contributed by atoms with van der Waals surface area (Å²) in [6.45, 7) is 0.384. The maximum absolute atomic E-state index is 13.8. The number of aromatic nitrogens is 1. The zero-order chi connectivity index (χ0) is 32.8. The van der Waals surface area contributed by atoms with Crippen LogP contribution in [0.4, 0.5) is 16.2 Å². The fourth-order valence-electron chi connectivity index (χ4n) is 5.77. The van der Waals surface area contributed by atoms with Gasteiger partial charge in [-0.3, -0.25) is 19.5 Å². The van der Waals surface area contributed by atoms with Gasteiger partial charge in [0, 0.05) is 44.1 Å². The molecule has 2 aliphatic rings. The molecule has 1 heterocycles. The van der Waals surface area contributed by atoms with Gasteiger partial charge >= 0.3 is 12.0 Å². The highest BCUT2D eigenvalue weighted by Crippen LogP contribution is 2.34. The van der Waals surface area contributed by atoms with E-state index in [4.69, 9.17) is 23.2 Å². The molecule has 2 fully saturated rings. The van der Waals surface area contributed by atoms with Crippen molar-refractivity contribution in [2.75, 3.05) is 23.8 Å². The highest BCUT2D eigenvalue weighted by Gasteiger charge is 2.33. The minimum Gasteiger partial charge on any atom is -0.480 e. The molecule has 1 aromatic heterocycles. The van der Waals surface area contributed by atoms with E-state index in [1.54, 1.807) is 53.4 Å². The summed E-state index contributed by atoms with van der Waals surface area (Å²) >= 11 is 12.2. The van der Waals surface area contributed by atoms with Crippen LogP contribution in [0.2, 0.25) is 10.0 Å². The van der Waals surface area contributed by atoms with Gasteiger partial charge in [0.15, 0.2) is 0 Å². The molecule has 0 saturated heterocycles. The average Bonchev–Trinajstić information content (AvgIpc) is 3.88. The number of rotatable bonds is 11. The lowest BCUT2D eigenvalue weighted by Gasteiger charge is -2.33. The maximum Gasteiger partial charge on any atom is 0.326 e. The normalized spacial score (nSPS) is 15.5. The van der Waals surface area contributed by atoms with Crippen molar-refractivity contribution in [1.29, 1.82) is 0 Å². The Kier molecular flexibility index (Phi) is 10.8. The van der Waals surface area contributed by atoms with Gasteiger partial charge in [0.2, 0.25) is 0 Å². The second-order valence-corrected chi connectivity index (χ2v) is 12.8. The van der Waals surface area contributed by atoms with Gasteiger partial charge in [0.1, 0.15) is 6.04 Å². The Morgan fingerprint density at radius 2 is 1.59 bits per heavy atom. The zero-order valence-electron chi connectivity index (χ0n) is 25.5. The second-order valence-electron chi connectivity index (χ2n) is 12.0. The van der Waals surface area contributed by atoms with Crippen molar-refractivity contribution in [3.63, 3.8) is 0 Å². The molecule has 5 rings (SSSR count). The van der Waals surface area contributed by atoms with E-state index in [1.165, 1.54) is 23.7 Å². The van der Waals surface area contributed by atoms with E-state index in [2.05, 4.69) is 15.6 Å². The number of pyridine rings is 1. The van der Waals surface area contributed by atoms with E-state index in [9.17, 15) is 24.3 Å². The number of hydrogen-bond acceptors (Lipinski definition) is 5. The Morgan fingerprint density at radius 3 is 2.22 bits per heavy atom. The third kappa shape index (κ3) is 8.16. The van der Waals surface area contributed by atoms with Crippen LogP contribution in [-0.2, 0) is 11.2 Å². The van der Waals surface area contributed by atoms with Gasteiger partial charge < -0.3 is 20.6 Å². The minimum absolute atomic E-state index is 0.000422. The predicted octanol–water partition coefficient (Wildman–Crippen LogP) is 6.67. The maximum atomic E-state index is 13.8. The minimum atomic E-state index is -1.24. The number of urea groups is 1. The van der Waals surface area contributed by atoms with Crippen LogP contribution in [0.3, 0.4) is 0 Å². The highest BCUT2D eigenvalue weighted by molar-refractivity contribution is 6.40. The summed E-state index contributed by atoms with van der Waals surface area (Å²) in [6, 6.07) is 12.0. The Hall–Kier alpha value is -4.15. The molecule has 0 bridgehead atoms. The van der Waals surface area contributed by atoms with Crippen LogP contribution in [0.15, 0.2) is 60.9 Å². The van der Waals surface area contributed by atoms with Gasteiger partial charge in [-0.05, 0) is 61.4 Å². The highest BCUT2D eigenvalue weighted by atomic mass is 35.5. The van der Waals surface area contributed by atoms with Crippen LogP contribution in [0.1, 0.15) is 71.2 Å². The first-order valence-corrected chi connectivity index (χ1v) is 16.2. The van der Waals surface area contributed by atoms with E-state index in [-0.39, 0.29) is 39.9 Å². The van der Waals surface area contributed by atoms with Crippen molar-refractivity contribution < 1.29 is 24.3 Å². The van der Waals surface area contributed by atoms with Crippen LogP contribution in [0.5, 0.6) is 0 Å². The number of anilines is 2. The summed E-state index contributed by atoms with van der Waals surface area (Å²) < 4.78 is 0. The van der Waals surface area contributed by atoms with Crippen molar-refractivity contribution in [2.24, 2.45) is 5.92 Å². The standard InChI is InChI=1S/C34H37Cl2N5O5/c1-40(24-7-3-2-4-8-24)32(43)25-9-5-6-10-29(25)41(20-22-11-12-22)34(46)39-28(33(44)45)17-21-13-15-23(16-14-21)38-31(42)30-26(35)18-37-19-27(30)36/h5-6,9-10,13-16,18-19,22,24,28H,2-4,7-8,11-12,17,20H2,1H3,(H,38,42)(H,39,46)(H,44,45)/t28-/m0/s1. The molecule has 0 unspecified atom stereocenters. The molecule has 4 amide bonds.